The lowest BCUT2D eigenvalue weighted by molar-refractivity contribution is -0.159. The minimum Gasteiger partial charge on any atom is -0.455 e. The van der Waals surface area contributed by atoms with Gasteiger partial charge in [-0.1, -0.05) is 30.3 Å². The van der Waals surface area contributed by atoms with Gasteiger partial charge in [0.1, 0.15) is 6.61 Å². The molecule has 2 N–H and O–H groups in total. The summed E-state index contributed by atoms with van der Waals surface area (Å²) in [7, 11) is 0. The Kier molecular flexibility index (Phi) is 5.28. The van der Waals surface area contributed by atoms with Crippen LogP contribution in [0.2, 0.25) is 0 Å². The van der Waals surface area contributed by atoms with E-state index in [1.165, 1.54) is 19.3 Å². The molecule has 0 atom stereocenters. The number of benzene rings is 1. The van der Waals surface area contributed by atoms with Crippen LogP contribution in [0.4, 0.5) is 0 Å². The van der Waals surface area contributed by atoms with Gasteiger partial charge >= 0.3 is 11.8 Å². The molecule has 0 unspecified atom stereocenters. The van der Waals surface area contributed by atoms with Gasteiger partial charge < -0.3 is 10.2 Å². The number of ketones is 2. The van der Waals surface area contributed by atoms with Crippen molar-refractivity contribution in [2.24, 2.45) is 23.2 Å². The topological polar surface area (TPSA) is 91.9 Å². The molecule has 5 nitrogen and oxygen atoms in total. The Balaban J connectivity index is 0.00000196. The van der Waals surface area contributed by atoms with E-state index in [9.17, 15) is 14.4 Å². The number of carbonyl (C=O) groups is 3. The summed E-state index contributed by atoms with van der Waals surface area (Å²) in [5.41, 5.74) is 0.776. The summed E-state index contributed by atoms with van der Waals surface area (Å²) in [6.45, 7) is 0.0239. The Labute approximate surface area is 153 Å². The minimum absolute atomic E-state index is 0. The van der Waals surface area contributed by atoms with E-state index < -0.39 is 17.5 Å². The van der Waals surface area contributed by atoms with Gasteiger partial charge in [0.05, 0.1) is 0 Å². The molecule has 0 spiro atoms. The van der Waals surface area contributed by atoms with Crippen LogP contribution in [0.5, 0.6) is 0 Å². The van der Waals surface area contributed by atoms with Crippen LogP contribution in [-0.4, -0.2) is 23.0 Å². The van der Waals surface area contributed by atoms with Crippen molar-refractivity contribution in [3.63, 3.8) is 0 Å². The minimum atomic E-state index is -1.02. The molecule has 5 heteroatoms. The molecule has 4 aliphatic carbocycles. The predicted molar refractivity (Wildman–Crippen MR) is 95.1 cm³/mol. The number of esters is 1. The van der Waals surface area contributed by atoms with Gasteiger partial charge in [-0.25, -0.2) is 4.79 Å². The van der Waals surface area contributed by atoms with Crippen LogP contribution in [-0.2, 0) is 25.7 Å². The fourth-order valence-corrected chi connectivity index (χ4v) is 5.83. The van der Waals surface area contributed by atoms with Gasteiger partial charge in [-0.3, -0.25) is 9.59 Å². The molecule has 0 saturated heterocycles. The van der Waals surface area contributed by atoms with Gasteiger partial charge in [0, 0.05) is 6.42 Å². The molecule has 140 valence electrons. The molecular weight excluding hydrogens is 332 g/mol. The fraction of sp³-hybridized carbons (Fsp3) is 0.571. The van der Waals surface area contributed by atoms with Crippen molar-refractivity contribution in [2.45, 2.75) is 51.6 Å². The van der Waals surface area contributed by atoms with E-state index in [-0.39, 0.29) is 23.9 Å². The first-order valence-corrected chi connectivity index (χ1v) is 9.31. The molecule has 26 heavy (non-hydrogen) atoms. The van der Waals surface area contributed by atoms with Crippen LogP contribution in [0.1, 0.15) is 50.5 Å². The second-order valence-electron chi connectivity index (χ2n) is 8.41. The summed E-state index contributed by atoms with van der Waals surface area (Å²) in [6.07, 6.45) is 7.27. The van der Waals surface area contributed by atoms with Crippen molar-refractivity contribution < 1.29 is 24.6 Å². The highest BCUT2D eigenvalue weighted by molar-refractivity contribution is 6.62. The van der Waals surface area contributed by atoms with E-state index in [0.29, 0.717) is 0 Å². The van der Waals surface area contributed by atoms with E-state index >= 15 is 0 Å². The molecule has 0 aliphatic heterocycles. The summed E-state index contributed by atoms with van der Waals surface area (Å²) < 4.78 is 5.02. The molecule has 1 aromatic rings. The molecule has 5 rings (SSSR count). The first kappa shape index (κ1) is 18.8. The van der Waals surface area contributed by atoms with Crippen molar-refractivity contribution in [3.05, 3.63) is 35.9 Å². The lowest BCUT2D eigenvalue weighted by atomic mass is 9.48. The first-order valence-electron chi connectivity index (χ1n) is 9.31. The Morgan fingerprint density at radius 3 is 2.00 bits per heavy atom. The van der Waals surface area contributed by atoms with Crippen LogP contribution in [0.3, 0.4) is 0 Å². The molecule has 4 fully saturated rings. The zero-order valence-corrected chi connectivity index (χ0v) is 14.9. The van der Waals surface area contributed by atoms with Crippen LogP contribution in [0.15, 0.2) is 30.3 Å². The third-order valence-electron chi connectivity index (χ3n) is 6.35. The SMILES string of the molecule is O.O=C(CC12CC3CC(CC(C3)C1)C2)C(=O)C(=O)OCc1ccccc1. The molecule has 4 aliphatic rings. The molecule has 0 amide bonds. The van der Waals surface area contributed by atoms with E-state index in [2.05, 4.69) is 0 Å². The number of hydrogen-bond acceptors (Lipinski definition) is 4. The highest BCUT2D eigenvalue weighted by Gasteiger charge is 2.52. The molecule has 0 aromatic heterocycles. The average molecular weight is 358 g/mol. The van der Waals surface area contributed by atoms with Gasteiger partial charge in [0.15, 0.2) is 0 Å². The molecule has 0 radical (unpaired) electrons. The number of ether oxygens (including phenoxy) is 1. The Hall–Kier alpha value is -2.01. The maximum atomic E-state index is 12.4. The maximum Gasteiger partial charge on any atom is 0.383 e. The molecule has 0 heterocycles. The van der Waals surface area contributed by atoms with Crippen LogP contribution in [0, 0.1) is 23.2 Å². The van der Waals surface area contributed by atoms with E-state index in [0.717, 1.165) is 42.6 Å². The smallest absolute Gasteiger partial charge is 0.383 e. The quantitative estimate of drug-likeness (QED) is 0.444. The largest absolute Gasteiger partial charge is 0.455 e. The summed E-state index contributed by atoms with van der Waals surface area (Å²) in [6, 6.07) is 9.17. The van der Waals surface area contributed by atoms with Gasteiger partial charge in [-0.2, -0.15) is 0 Å². The van der Waals surface area contributed by atoms with Gasteiger partial charge in [0.25, 0.3) is 0 Å². The second kappa shape index (κ2) is 7.31. The lowest BCUT2D eigenvalue weighted by Gasteiger charge is -2.56. The van der Waals surface area contributed by atoms with Gasteiger partial charge in [-0.05, 0) is 67.3 Å². The van der Waals surface area contributed by atoms with E-state index in [1.807, 2.05) is 30.3 Å². The van der Waals surface area contributed by atoms with Crippen molar-refractivity contribution in [3.8, 4) is 0 Å². The summed E-state index contributed by atoms with van der Waals surface area (Å²) in [4.78, 5) is 36.5. The second-order valence-corrected chi connectivity index (χ2v) is 8.41. The van der Waals surface area contributed by atoms with Gasteiger partial charge in [0.2, 0.25) is 5.78 Å². The number of carbonyl (C=O) groups excluding carboxylic acids is 3. The monoisotopic (exact) mass is 358 g/mol. The molecule has 1 aromatic carbocycles. The zero-order chi connectivity index (χ0) is 17.4. The van der Waals surface area contributed by atoms with Crippen molar-refractivity contribution in [1.29, 1.82) is 0 Å². The summed E-state index contributed by atoms with van der Waals surface area (Å²) in [5, 5.41) is 0. The predicted octanol–water partition coefficient (Wildman–Crippen LogP) is 2.65. The fourth-order valence-electron chi connectivity index (χ4n) is 5.83. The maximum absolute atomic E-state index is 12.4. The van der Waals surface area contributed by atoms with Gasteiger partial charge in [-0.15, -0.1) is 0 Å². The molecule has 4 bridgehead atoms. The standard InChI is InChI=1S/C21H24O4.H2O/c22-18(19(23)20(24)25-13-14-4-2-1-3-5-14)12-21-9-15-6-16(10-21)8-17(7-15)11-21;/h1-5,15-17H,6-13H2;1H2. The highest BCUT2D eigenvalue weighted by Crippen LogP contribution is 2.61. The number of rotatable bonds is 6. The lowest BCUT2D eigenvalue weighted by Crippen LogP contribution is -2.47. The number of Topliss-reactive ketones (excluding diaryl/α,β-unsaturated/α-hetero) is 2. The third-order valence-corrected chi connectivity index (χ3v) is 6.35. The van der Waals surface area contributed by atoms with E-state index in [1.54, 1.807) is 0 Å². The normalized spacial score (nSPS) is 31.2. The zero-order valence-electron chi connectivity index (χ0n) is 14.9. The Bertz CT molecular complexity index is 658. The van der Waals surface area contributed by atoms with Crippen LogP contribution < -0.4 is 0 Å². The third kappa shape index (κ3) is 3.73. The molecule has 4 saturated carbocycles. The average Bonchev–Trinajstić information content (AvgIpc) is 2.58. The Morgan fingerprint density at radius 1 is 0.923 bits per heavy atom. The van der Waals surface area contributed by atoms with Crippen molar-refractivity contribution >= 4 is 17.5 Å². The van der Waals surface area contributed by atoms with Crippen LogP contribution >= 0.6 is 0 Å². The summed E-state index contributed by atoms with van der Waals surface area (Å²) >= 11 is 0. The van der Waals surface area contributed by atoms with Crippen LogP contribution in [0.25, 0.3) is 0 Å². The highest BCUT2D eigenvalue weighted by atomic mass is 16.5. The van der Waals surface area contributed by atoms with Crippen molar-refractivity contribution in [2.75, 3.05) is 0 Å². The summed E-state index contributed by atoms with van der Waals surface area (Å²) in [5.74, 6) is -0.386. The number of hydrogen-bond donors (Lipinski definition) is 0. The Morgan fingerprint density at radius 2 is 1.46 bits per heavy atom. The first-order chi connectivity index (χ1) is 12.0. The van der Waals surface area contributed by atoms with Crippen molar-refractivity contribution in [1.82, 2.24) is 0 Å². The van der Waals surface area contributed by atoms with E-state index in [4.69, 9.17) is 4.74 Å². The molecular formula is C21H26O5.